The highest BCUT2D eigenvalue weighted by Crippen LogP contribution is 2.38. The summed E-state index contributed by atoms with van der Waals surface area (Å²) >= 11 is 0. The Bertz CT molecular complexity index is 704. The van der Waals surface area contributed by atoms with Crippen LogP contribution < -0.4 is 10.1 Å². The minimum atomic E-state index is -4.96. The van der Waals surface area contributed by atoms with Crippen molar-refractivity contribution >= 4 is 5.91 Å². The zero-order valence-corrected chi connectivity index (χ0v) is 12.8. The molecule has 0 unspecified atom stereocenters. The fraction of sp³-hybridized carbons (Fsp3) is 0.235. The van der Waals surface area contributed by atoms with E-state index in [4.69, 9.17) is 4.74 Å². The first kappa shape index (κ1) is 17.8. The largest absolute Gasteiger partial charge is 0.496 e. The molecule has 2 N–H and O–H groups in total. The number of ether oxygens (including phenoxy) is 1. The van der Waals surface area contributed by atoms with Crippen LogP contribution in [0.4, 0.5) is 13.2 Å². The summed E-state index contributed by atoms with van der Waals surface area (Å²) in [4.78, 5) is 12.2. The fourth-order valence-electron chi connectivity index (χ4n) is 2.22. The molecule has 4 nitrogen and oxygen atoms in total. The van der Waals surface area contributed by atoms with E-state index in [0.717, 1.165) is 12.1 Å². The van der Waals surface area contributed by atoms with Gasteiger partial charge in [-0.05, 0) is 17.7 Å². The molecule has 0 bridgehead atoms. The summed E-state index contributed by atoms with van der Waals surface area (Å²) < 4.78 is 45.1. The summed E-state index contributed by atoms with van der Waals surface area (Å²) in [6.07, 6.45) is -4.96. The Hall–Kier alpha value is -2.54. The first-order valence-electron chi connectivity index (χ1n) is 7.05. The summed E-state index contributed by atoms with van der Waals surface area (Å²) in [6.45, 7) is -1.02. The van der Waals surface area contributed by atoms with Crippen LogP contribution in [0.5, 0.6) is 5.75 Å². The zero-order chi connectivity index (χ0) is 17.8. The van der Waals surface area contributed by atoms with Gasteiger partial charge in [0.15, 0.2) is 0 Å². The van der Waals surface area contributed by atoms with Gasteiger partial charge in [-0.1, -0.05) is 42.5 Å². The number of para-hydroxylation sites is 1. The molecular weight excluding hydrogens is 323 g/mol. The lowest BCUT2D eigenvalue weighted by Gasteiger charge is -2.31. The number of nitrogens with one attached hydrogen (secondary N) is 1. The SMILES string of the molecule is COc1ccccc1C(=O)NC[C@](O)(c1ccccc1)C(F)(F)F. The molecule has 0 fully saturated rings. The molecule has 0 aliphatic heterocycles. The number of alkyl halides is 3. The maximum atomic E-state index is 13.4. The first-order chi connectivity index (χ1) is 11.3. The Morgan fingerprint density at radius 2 is 1.67 bits per heavy atom. The van der Waals surface area contributed by atoms with Gasteiger partial charge in [-0.25, -0.2) is 0 Å². The van der Waals surface area contributed by atoms with Crippen LogP contribution in [-0.2, 0) is 5.60 Å². The number of carbonyl (C=O) groups is 1. The molecule has 2 aromatic carbocycles. The Labute approximate surface area is 136 Å². The first-order valence-corrected chi connectivity index (χ1v) is 7.05. The van der Waals surface area contributed by atoms with Crippen molar-refractivity contribution in [1.29, 1.82) is 0 Å². The molecule has 0 radical (unpaired) electrons. The predicted molar refractivity (Wildman–Crippen MR) is 81.7 cm³/mol. The van der Waals surface area contributed by atoms with Crippen LogP contribution in [0.25, 0.3) is 0 Å². The minimum absolute atomic E-state index is 0.0811. The monoisotopic (exact) mass is 339 g/mol. The second kappa shape index (κ2) is 6.92. The average molecular weight is 339 g/mol. The number of amides is 1. The van der Waals surface area contributed by atoms with E-state index in [1.807, 2.05) is 0 Å². The van der Waals surface area contributed by atoms with Crippen molar-refractivity contribution in [2.75, 3.05) is 13.7 Å². The van der Waals surface area contributed by atoms with Crippen molar-refractivity contribution in [2.45, 2.75) is 11.8 Å². The molecule has 128 valence electrons. The number of aliphatic hydroxyl groups is 1. The number of hydrogen-bond donors (Lipinski definition) is 2. The molecule has 2 aromatic rings. The van der Waals surface area contributed by atoms with Crippen molar-refractivity contribution in [2.24, 2.45) is 0 Å². The van der Waals surface area contributed by atoms with E-state index in [1.165, 1.54) is 37.4 Å². The highest BCUT2D eigenvalue weighted by Gasteiger charge is 2.55. The van der Waals surface area contributed by atoms with Crippen molar-refractivity contribution < 1.29 is 27.8 Å². The Balaban J connectivity index is 2.25. The van der Waals surface area contributed by atoms with E-state index in [-0.39, 0.29) is 16.9 Å². The number of hydrogen-bond acceptors (Lipinski definition) is 3. The fourth-order valence-corrected chi connectivity index (χ4v) is 2.22. The number of halogens is 3. The van der Waals surface area contributed by atoms with Crippen LogP contribution in [0.1, 0.15) is 15.9 Å². The van der Waals surface area contributed by atoms with Gasteiger partial charge in [0.2, 0.25) is 5.60 Å². The molecule has 0 aliphatic carbocycles. The summed E-state index contributed by atoms with van der Waals surface area (Å²) in [5.41, 5.74) is -3.46. The van der Waals surface area contributed by atoms with Crippen molar-refractivity contribution in [1.82, 2.24) is 5.32 Å². The second-order valence-corrected chi connectivity index (χ2v) is 5.11. The third kappa shape index (κ3) is 3.51. The Morgan fingerprint density at radius 1 is 1.08 bits per heavy atom. The Kier molecular flexibility index (Phi) is 5.14. The highest BCUT2D eigenvalue weighted by molar-refractivity contribution is 5.96. The lowest BCUT2D eigenvalue weighted by atomic mass is 9.93. The molecule has 0 saturated heterocycles. The van der Waals surface area contributed by atoms with Gasteiger partial charge in [0.25, 0.3) is 5.91 Å². The van der Waals surface area contributed by atoms with E-state index in [9.17, 15) is 23.1 Å². The third-order valence-electron chi connectivity index (χ3n) is 3.58. The summed E-state index contributed by atoms with van der Waals surface area (Å²) in [5, 5.41) is 12.3. The van der Waals surface area contributed by atoms with Gasteiger partial charge in [-0.15, -0.1) is 0 Å². The predicted octanol–water partition coefficient (Wildman–Crippen LogP) is 2.88. The molecule has 7 heteroatoms. The van der Waals surface area contributed by atoms with Crippen molar-refractivity contribution in [3.63, 3.8) is 0 Å². The summed E-state index contributed by atoms with van der Waals surface area (Å²) in [7, 11) is 1.35. The molecule has 0 heterocycles. The number of benzene rings is 2. The van der Waals surface area contributed by atoms with Gasteiger partial charge in [0.05, 0.1) is 19.2 Å². The molecular formula is C17H16F3NO3. The lowest BCUT2D eigenvalue weighted by Crippen LogP contribution is -2.51. The van der Waals surface area contributed by atoms with Crippen LogP contribution in [0.15, 0.2) is 54.6 Å². The van der Waals surface area contributed by atoms with E-state index >= 15 is 0 Å². The second-order valence-electron chi connectivity index (χ2n) is 5.11. The maximum absolute atomic E-state index is 13.4. The number of rotatable bonds is 5. The molecule has 0 spiro atoms. The van der Waals surface area contributed by atoms with Crippen LogP contribution in [-0.4, -0.2) is 30.8 Å². The van der Waals surface area contributed by atoms with Crippen molar-refractivity contribution in [3.05, 3.63) is 65.7 Å². The standard InChI is InChI=1S/C17H16F3NO3/c1-24-14-10-6-5-9-13(14)15(22)21-11-16(23,17(18,19)20)12-7-3-2-4-8-12/h2-10,23H,11H2,1H3,(H,21,22)/t16-/m0/s1. The quantitative estimate of drug-likeness (QED) is 0.881. The van der Waals surface area contributed by atoms with E-state index in [1.54, 1.807) is 12.1 Å². The van der Waals surface area contributed by atoms with Crippen LogP contribution in [0.2, 0.25) is 0 Å². The maximum Gasteiger partial charge on any atom is 0.423 e. The molecule has 2 rings (SSSR count). The molecule has 24 heavy (non-hydrogen) atoms. The van der Waals surface area contributed by atoms with E-state index in [0.29, 0.717) is 0 Å². The molecule has 0 saturated carbocycles. The Morgan fingerprint density at radius 3 is 2.25 bits per heavy atom. The zero-order valence-electron chi connectivity index (χ0n) is 12.8. The lowest BCUT2D eigenvalue weighted by molar-refractivity contribution is -0.263. The number of methoxy groups -OCH3 is 1. The normalized spacial score (nSPS) is 13.9. The summed E-state index contributed by atoms with van der Waals surface area (Å²) in [6, 6.07) is 12.7. The number of carbonyl (C=O) groups excluding carboxylic acids is 1. The van der Waals surface area contributed by atoms with Gasteiger partial charge in [0, 0.05) is 0 Å². The van der Waals surface area contributed by atoms with Crippen LogP contribution >= 0.6 is 0 Å². The van der Waals surface area contributed by atoms with Gasteiger partial charge < -0.3 is 15.2 Å². The smallest absolute Gasteiger partial charge is 0.423 e. The average Bonchev–Trinajstić information content (AvgIpc) is 2.59. The summed E-state index contributed by atoms with van der Waals surface area (Å²) in [5.74, 6) is -0.545. The third-order valence-corrected chi connectivity index (χ3v) is 3.58. The van der Waals surface area contributed by atoms with E-state index in [2.05, 4.69) is 5.32 Å². The van der Waals surface area contributed by atoms with Crippen LogP contribution in [0.3, 0.4) is 0 Å². The van der Waals surface area contributed by atoms with Gasteiger partial charge in [-0.3, -0.25) is 4.79 Å². The van der Waals surface area contributed by atoms with Crippen molar-refractivity contribution in [3.8, 4) is 5.75 Å². The minimum Gasteiger partial charge on any atom is -0.496 e. The van der Waals surface area contributed by atoms with E-state index < -0.39 is 24.2 Å². The molecule has 0 aliphatic rings. The van der Waals surface area contributed by atoms with Gasteiger partial charge in [0.1, 0.15) is 5.75 Å². The highest BCUT2D eigenvalue weighted by atomic mass is 19.4. The molecule has 1 amide bonds. The van der Waals surface area contributed by atoms with Gasteiger partial charge in [-0.2, -0.15) is 13.2 Å². The topological polar surface area (TPSA) is 58.6 Å². The van der Waals surface area contributed by atoms with Gasteiger partial charge >= 0.3 is 6.18 Å². The molecule has 0 aromatic heterocycles. The van der Waals surface area contributed by atoms with Crippen LogP contribution in [0, 0.1) is 0 Å². The molecule has 1 atom stereocenters.